The first-order chi connectivity index (χ1) is 9.38. The fraction of sp³-hybridized carbons (Fsp3) is 0.533. The van der Waals surface area contributed by atoms with Gasteiger partial charge < -0.3 is 11.1 Å². The van der Waals surface area contributed by atoms with E-state index in [0.29, 0.717) is 11.8 Å². The molecule has 3 nitrogen and oxygen atoms in total. The van der Waals surface area contributed by atoms with E-state index in [1.807, 2.05) is 0 Å². The number of hydrogen-bond acceptors (Lipinski definition) is 2. The molecule has 0 aromatic heterocycles. The lowest BCUT2D eigenvalue weighted by Gasteiger charge is -2.33. The molecule has 20 heavy (non-hydrogen) atoms. The first-order valence-corrected chi connectivity index (χ1v) is 6.94. The zero-order valence-corrected chi connectivity index (χ0v) is 11.7. The van der Waals surface area contributed by atoms with E-state index in [0.717, 1.165) is 31.4 Å². The first-order valence-electron chi connectivity index (χ1n) is 6.94. The third-order valence-corrected chi connectivity index (χ3v) is 4.06. The molecule has 0 spiro atoms. The predicted octanol–water partition coefficient (Wildman–Crippen LogP) is 3.10. The summed E-state index contributed by atoms with van der Waals surface area (Å²) >= 11 is 0. The van der Waals surface area contributed by atoms with Gasteiger partial charge in [0.05, 0.1) is 11.3 Å². The fourth-order valence-electron chi connectivity index (χ4n) is 2.90. The van der Waals surface area contributed by atoms with Crippen LogP contribution in [-0.4, -0.2) is 11.9 Å². The molecule has 0 heterocycles. The maximum absolute atomic E-state index is 13.8. The van der Waals surface area contributed by atoms with Gasteiger partial charge in [0.2, 0.25) is 0 Å². The van der Waals surface area contributed by atoms with Crippen LogP contribution in [0.2, 0.25) is 0 Å². The lowest BCUT2D eigenvalue weighted by atomic mass is 9.80. The van der Waals surface area contributed by atoms with Crippen molar-refractivity contribution < 1.29 is 13.6 Å². The summed E-state index contributed by atoms with van der Waals surface area (Å²) in [4.78, 5) is 12.1. The van der Waals surface area contributed by atoms with Gasteiger partial charge in [0, 0.05) is 6.04 Å². The first kappa shape index (κ1) is 14.8. The number of rotatable bonds is 2. The fourth-order valence-corrected chi connectivity index (χ4v) is 2.90. The van der Waals surface area contributed by atoms with Crippen molar-refractivity contribution in [2.24, 2.45) is 11.8 Å². The van der Waals surface area contributed by atoms with E-state index in [1.54, 1.807) is 0 Å². The standard InChI is InChI=1S/C15H20F2N2O/c1-8-3-4-13(9(2)5-8)19-15(20)11-6-10(16)7-12(18)14(11)17/h6-9,13H,3-5,18H2,1-2H3,(H,19,20). The van der Waals surface area contributed by atoms with Gasteiger partial charge in [-0.15, -0.1) is 0 Å². The SMILES string of the molecule is CC1CCC(NC(=O)c2cc(F)cc(N)c2F)C(C)C1. The molecule has 1 aromatic carbocycles. The van der Waals surface area contributed by atoms with Crippen molar-refractivity contribution >= 4 is 11.6 Å². The molecule has 1 fully saturated rings. The summed E-state index contributed by atoms with van der Waals surface area (Å²) in [6, 6.07) is 1.76. The summed E-state index contributed by atoms with van der Waals surface area (Å²) < 4.78 is 27.0. The monoisotopic (exact) mass is 282 g/mol. The number of nitrogens with one attached hydrogen (secondary N) is 1. The third-order valence-electron chi connectivity index (χ3n) is 4.06. The molecule has 110 valence electrons. The van der Waals surface area contributed by atoms with Gasteiger partial charge >= 0.3 is 0 Å². The Labute approximate surface area is 117 Å². The highest BCUT2D eigenvalue weighted by molar-refractivity contribution is 5.95. The van der Waals surface area contributed by atoms with Crippen LogP contribution in [0.4, 0.5) is 14.5 Å². The maximum Gasteiger partial charge on any atom is 0.254 e. The minimum Gasteiger partial charge on any atom is -0.396 e. The van der Waals surface area contributed by atoms with Crippen molar-refractivity contribution in [3.63, 3.8) is 0 Å². The van der Waals surface area contributed by atoms with Crippen LogP contribution >= 0.6 is 0 Å². The summed E-state index contributed by atoms with van der Waals surface area (Å²) in [5, 5.41) is 2.80. The molecule has 1 saturated carbocycles. The van der Waals surface area contributed by atoms with E-state index >= 15 is 0 Å². The maximum atomic E-state index is 13.8. The summed E-state index contributed by atoms with van der Waals surface area (Å²) in [6.07, 6.45) is 2.92. The van der Waals surface area contributed by atoms with Gasteiger partial charge in [0.25, 0.3) is 5.91 Å². The summed E-state index contributed by atoms with van der Waals surface area (Å²) in [6.45, 7) is 4.25. The highest BCUT2D eigenvalue weighted by atomic mass is 19.1. The number of carbonyl (C=O) groups excluding carboxylic acids is 1. The number of amides is 1. The molecule has 5 heteroatoms. The Morgan fingerprint density at radius 3 is 2.65 bits per heavy atom. The van der Waals surface area contributed by atoms with Gasteiger partial charge in [0.15, 0.2) is 5.82 Å². The van der Waals surface area contributed by atoms with Crippen LogP contribution in [-0.2, 0) is 0 Å². The molecule has 3 atom stereocenters. The van der Waals surface area contributed by atoms with E-state index in [9.17, 15) is 13.6 Å². The van der Waals surface area contributed by atoms with Crippen molar-refractivity contribution in [3.8, 4) is 0 Å². The van der Waals surface area contributed by atoms with Gasteiger partial charge in [-0.1, -0.05) is 13.8 Å². The summed E-state index contributed by atoms with van der Waals surface area (Å²) in [7, 11) is 0. The van der Waals surface area contributed by atoms with Gasteiger partial charge in [0.1, 0.15) is 5.82 Å². The number of nitrogen functional groups attached to an aromatic ring is 1. The Balaban J connectivity index is 2.13. The van der Waals surface area contributed by atoms with Crippen molar-refractivity contribution in [1.82, 2.24) is 5.32 Å². The van der Waals surface area contributed by atoms with Crippen molar-refractivity contribution in [3.05, 3.63) is 29.3 Å². The van der Waals surface area contributed by atoms with Crippen LogP contribution in [0.1, 0.15) is 43.5 Å². The van der Waals surface area contributed by atoms with E-state index < -0.39 is 17.5 Å². The number of hydrogen-bond donors (Lipinski definition) is 2. The van der Waals surface area contributed by atoms with Gasteiger partial charge in [-0.2, -0.15) is 0 Å². The Kier molecular flexibility index (Phi) is 4.26. The Morgan fingerprint density at radius 1 is 1.30 bits per heavy atom. The third kappa shape index (κ3) is 3.08. The van der Waals surface area contributed by atoms with Gasteiger partial charge in [-0.3, -0.25) is 4.79 Å². The van der Waals surface area contributed by atoms with Crippen molar-refractivity contribution in [1.29, 1.82) is 0 Å². The van der Waals surface area contributed by atoms with Gasteiger partial charge in [-0.05, 0) is 43.2 Å². The van der Waals surface area contributed by atoms with Crippen molar-refractivity contribution in [2.75, 3.05) is 5.73 Å². The molecule has 0 bridgehead atoms. The lowest BCUT2D eigenvalue weighted by Crippen LogP contribution is -2.42. The topological polar surface area (TPSA) is 55.1 Å². The lowest BCUT2D eigenvalue weighted by molar-refractivity contribution is 0.0895. The van der Waals surface area contributed by atoms with Crippen LogP contribution in [0.3, 0.4) is 0 Å². The number of anilines is 1. The van der Waals surface area contributed by atoms with Crippen LogP contribution in [0.5, 0.6) is 0 Å². The highest BCUT2D eigenvalue weighted by Crippen LogP contribution is 2.29. The molecule has 3 unspecified atom stereocenters. The zero-order chi connectivity index (χ0) is 14.9. The van der Waals surface area contributed by atoms with E-state index in [1.165, 1.54) is 0 Å². The molecule has 1 aromatic rings. The summed E-state index contributed by atoms with van der Waals surface area (Å²) in [5.74, 6) is -1.20. The number of halogens is 2. The average molecular weight is 282 g/mol. The second-order valence-corrected chi connectivity index (χ2v) is 5.83. The molecule has 0 radical (unpaired) electrons. The van der Waals surface area contributed by atoms with E-state index in [2.05, 4.69) is 19.2 Å². The van der Waals surface area contributed by atoms with Crippen LogP contribution in [0, 0.1) is 23.5 Å². The highest BCUT2D eigenvalue weighted by Gasteiger charge is 2.27. The summed E-state index contributed by atoms with van der Waals surface area (Å²) in [5.41, 5.74) is 4.67. The molecular weight excluding hydrogens is 262 g/mol. The number of nitrogens with two attached hydrogens (primary N) is 1. The molecule has 1 aliphatic carbocycles. The molecule has 2 rings (SSSR count). The van der Waals surface area contributed by atoms with E-state index in [4.69, 9.17) is 5.73 Å². The Morgan fingerprint density at radius 2 is 2.00 bits per heavy atom. The number of benzene rings is 1. The molecule has 3 N–H and O–H groups in total. The zero-order valence-electron chi connectivity index (χ0n) is 11.7. The molecule has 1 aliphatic rings. The van der Waals surface area contributed by atoms with E-state index in [-0.39, 0.29) is 17.3 Å². The quantitative estimate of drug-likeness (QED) is 0.819. The largest absolute Gasteiger partial charge is 0.396 e. The molecule has 0 aliphatic heterocycles. The predicted molar refractivity (Wildman–Crippen MR) is 74.2 cm³/mol. The molecule has 1 amide bonds. The van der Waals surface area contributed by atoms with Gasteiger partial charge in [-0.25, -0.2) is 8.78 Å². The average Bonchev–Trinajstić information content (AvgIpc) is 2.37. The second kappa shape index (κ2) is 5.77. The Hall–Kier alpha value is -1.65. The number of carbonyl (C=O) groups is 1. The second-order valence-electron chi connectivity index (χ2n) is 5.83. The van der Waals surface area contributed by atoms with Crippen LogP contribution in [0.25, 0.3) is 0 Å². The van der Waals surface area contributed by atoms with Crippen LogP contribution < -0.4 is 11.1 Å². The smallest absolute Gasteiger partial charge is 0.254 e. The minimum absolute atomic E-state index is 0.00240. The minimum atomic E-state index is -0.860. The molecular formula is C15H20F2N2O. The van der Waals surface area contributed by atoms with Crippen molar-refractivity contribution in [2.45, 2.75) is 39.2 Å². The van der Waals surface area contributed by atoms with Crippen LogP contribution in [0.15, 0.2) is 12.1 Å². The normalized spacial score (nSPS) is 26.3. The Bertz CT molecular complexity index is 519. The molecule has 0 saturated heterocycles.